The maximum atomic E-state index is 13.2. The second-order valence-corrected chi connectivity index (χ2v) is 10.2. The highest BCUT2D eigenvalue weighted by molar-refractivity contribution is 8.14. The summed E-state index contributed by atoms with van der Waals surface area (Å²) in [5, 5.41) is 20.3. The molecule has 0 bridgehead atoms. The van der Waals surface area contributed by atoms with Crippen LogP contribution in [0.4, 0.5) is 4.79 Å². The van der Waals surface area contributed by atoms with E-state index < -0.39 is 21.8 Å². The van der Waals surface area contributed by atoms with Gasteiger partial charge in [-0.3, -0.25) is 9.59 Å². The lowest BCUT2D eigenvalue weighted by Crippen LogP contribution is -2.52. The van der Waals surface area contributed by atoms with Gasteiger partial charge in [-0.15, -0.1) is 5.10 Å². The molecule has 3 N–H and O–H groups in total. The number of nitrogens with zero attached hydrogens (tertiary/aromatic N) is 2. The zero-order valence-electron chi connectivity index (χ0n) is 17.6. The molecule has 0 aliphatic carbocycles. The van der Waals surface area contributed by atoms with Gasteiger partial charge in [-0.25, -0.2) is 9.80 Å². The van der Waals surface area contributed by atoms with Gasteiger partial charge in [0, 0.05) is 10.8 Å². The number of hydrazone groups is 1. The van der Waals surface area contributed by atoms with Crippen molar-refractivity contribution in [3.8, 4) is 0 Å². The molecule has 9 heteroatoms. The maximum Gasteiger partial charge on any atom is 0.404 e. The number of rotatable bonds is 3. The first-order valence-electron chi connectivity index (χ1n) is 9.23. The summed E-state index contributed by atoms with van der Waals surface area (Å²) < 4.78 is 0. The number of carboxylic acid groups (broad SMARTS) is 1. The number of amides is 3. The van der Waals surface area contributed by atoms with E-state index in [2.05, 4.69) is 15.7 Å². The second-order valence-electron chi connectivity index (χ2n) is 8.89. The van der Waals surface area contributed by atoms with E-state index in [1.807, 2.05) is 30.3 Å². The molecule has 8 nitrogen and oxygen atoms in total. The van der Waals surface area contributed by atoms with Gasteiger partial charge in [0.05, 0.1) is 6.54 Å². The van der Waals surface area contributed by atoms with Crippen molar-refractivity contribution in [2.24, 2.45) is 15.9 Å². The van der Waals surface area contributed by atoms with Crippen LogP contribution in [-0.4, -0.2) is 39.7 Å². The monoisotopic (exact) mass is 420 g/mol. The molecule has 1 aliphatic rings. The summed E-state index contributed by atoms with van der Waals surface area (Å²) in [6.07, 6.45) is -1.21. The van der Waals surface area contributed by atoms with Gasteiger partial charge in [-0.1, -0.05) is 71.9 Å². The van der Waals surface area contributed by atoms with Gasteiger partial charge < -0.3 is 15.7 Å². The summed E-state index contributed by atoms with van der Waals surface area (Å²) >= 11 is 1.15. The molecular formula is C20H28N4O4S. The lowest BCUT2D eigenvalue weighted by atomic mass is 9.93. The molecular weight excluding hydrogens is 392 g/mol. The van der Waals surface area contributed by atoms with E-state index in [1.165, 1.54) is 5.01 Å². The molecule has 0 fully saturated rings. The van der Waals surface area contributed by atoms with Crippen LogP contribution in [0, 0.1) is 10.8 Å². The highest BCUT2D eigenvalue weighted by Crippen LogP contribution is 2.46. The Balaban J connectivity index is 2.55. The third kappa shape index (κ3) is 5.09. The minimum Gasteiger partial charge on any atom is -0.465 e. The number of hydrogen-bond donors (Lipinski definition) is 3. The summed E-state index contributed by atoms with van der Waals surface area (Å²) in [6, 6.07) is 9.07. The molecule has 1 aliphatic heterocycles. The van der Waals surface area contributed by atoms with Crippen molar-refractivity contribution in [3.63, 3.8) is 0 Å². The fourth-order valence-electron chi connectivity index (χ4n) is 2.55. The first-order valence-corrected chi connectivity index (χ1v) is 10.0. The van der Waals surface area contributed by atoms with Gasteiger partial charge in [-0.05, 0) is 17.3 Å². The molecule has 0 spiro atoms. The Bertz CT molecular complexity index is 827. The Morgan fingerprint density at radius 1 is 1.07 bits per heavy atom. The second kappa shape index (κ2) is 8.06. The van der Waals surface area contributed by atoms with E-state index >= 15 is 0 Å². The minimum atomic E-state index is -1.21. The van der Waals surface area contributed by atoms with Crippen LogP contribution >= 0.6 is 11.8 Å². The zero-order chi connectivity index (χ0) is 22.0. The fraction of sp³-hybridized carbons (Fsp3) is 0.500. The molecule has 1 atom stereocenters. The predicted molar refractivity (Wildman–Crippen MR) is 113 cm³/mol. The van der Waals surface area contributed by atoms with Crippen LogP contribution < -0.4 is 10.6 Å². The van der Waals surface area contributed by atoms with Crippen LogP contribution in [0.3, 0.4) is 0 Å². The molecule has 1 aromatic rings. The van der Waals surface area contributed by atoms with Crippen molar-refractivity contribution in [2.45, 2.75) is 46.4 Å². The number of amidine groups is 1. The SMILES string of the molecule is CC(C)(C)C(=O)NC1=NN(C(=O)C(C)(C)C)[C@](CNC(=O)O)(c2ccccc2)S1. The Kier molecular flexibility index (Phi) is 6.32. The standard InChI is InChI=1S/C20H28N4O4S/c1-18(2,3)14(25)22-16-23-24(15(26)19(4,5)6)20(29-16,12-21-17(27)28)13-10-8-7-9-11-13/h7-11,21H,12H2,1-6H3,(H,27,28)(H,22,23,25)/t20-/m0/s1. The van der Waals surface area contributed by atoms with E-state index in [0.29, 0.717) is 5.56 Å². The molecule has 2 rings (SSSR count). The molecule has 0 saturated carbocycles. The number of thioether (sulfide) groups is 1. The summed E-state index contributed by atoms with van der Waals surface area (Å²) in [4.78, 5) is 35.8. The number of carbonyl (C=O) groups excluding carboxylic acids is 2. The number of carbonyl (C=O) groups is 3. The van der Waals surface area contributed by atoms with Crippen molar-refractivity contribution < 1.29 is 19.5 Å². The largest absolute Gasteiger partial charge is 0.465 e. The van der Waals surface area contributed by atoms with Crippen molar-refractivity contribution in [2.75, 3.05) is 6.54 Å². The lowest BCUT2D eigenvalue weighted by Gasteiger charge is -2.38. The van der Waals surface area contributed by atoms with Gasteiger partial charge >= 0.3 is 6.09 Å². The normalized spacial score (nSPS) is 19.5. The Labute approximate surface area is 175 Å². The van der Waals surface area contributed by atoms with E-state index in [-0.39, 0.29) is 23.5 Å². The van der Waals surface area contributed by atoms with E-state index in [1.54, 1.807) is 41.5 Å². The average Bonchev–Trinajstić information content (AvgIpc) is 2.97. The van der Waals surface area contributed by atoms with Gasteiger partial charge in [0.25, 0.3) is 0 Å². The Hall–Kier alpha value is -2.55. The minimum absolute atomic E-state index is 0.1000. The topological polar surface area (TPSA) is 111 Å². The molecule has 1 heterocycles. The smallest absolute Gasteiger partial charge is 0.404 e. The summed E-state index contributed by atoms with van der Waals surface area (Å²) in [5.74, 6) is -0.539. The van der Waals surface area contributed by atoms with Crippen molar-refractivity contribution in [1.29, 1.82) is 0 Å². The van der Waals surface area contributed by atoms with E-state index in [4.69, 9.17) is 0 Å². The molecule has 0 radical (unpaired) electrons. The maximum absolute atomic E-state index is 13.2. The van der Waals surface area contributed by atoms with Crippen molar-refractivity contribution >= 4 is 34.8 Å². The molecule has 29 heavy (non-hydrogen) atoms. The summed E-state index contributed by atoms with van der Waals surface area (Å²) in [6.45, 7) is 10.5. The Morgan fingerprint density at radius 2 is 1.66 bits per heavy atom. The number of nitrogens with one attached hydrogen (secondary N) is 2. The van der Waals surface area contributed by atoms with Gasteiger partial charge in [0.15, 0.2) is 10.0 Å². The molecule has 158 valence electrons. The van der Waals surface area contributed by atoms with Crippen molar-refractivity contribution in [1.82, 2.24) is 15.6 Å². The molecule has 0 unspecified atom stereocenters. The predicted octanol–water partition coefficient (Wildman–Crippen LogP) is 3.16. The molecule has 1 aromatic carbocycles. The third-order valence-corrected chi connectivity index (χ3v) is 5.51. The van der Waals surface area contributed by atoms with Crippen LogP contribution in [-0.2, 0) is 14.5 Å². The van der Waals surface area contributed by atoms with Crippen molar-refractivity contribution in [3.05, 3.63) is 35.9 Å². The van der Waals surface area contributed by atoms with Gasteiger partial charge in [0.2, 0.25) is 11.8 Å². The number of benzene rings is 1. The first kappa shape index (κ1) is 22.7. The molecule has 3 amide bonds. The molecule has 0 saturated heterocycles. The van der Waals surface area contributed by atoms with Crippen LogP contribution in [0.25, 0.3) is 0 Å². The van der Waals surface area contributed by atoms with Crippen LogP contribution in [0.2, 0.25) is 0 Å². The van der Waals surface area contributed by atoms with E-state index in [9.17, 15) is 19.5 Å². The molecule has 0 aromatic heterocycles. The highest BCUT2D eigenvalue weighted by atomic mass is 32.2. The third-order valence-electron chi connectivity index (χ3n) is 4.24. The first-order chi connectivity index (χ1) is 13.3. The average molecular weight is 421 g/mol. The Morgan fingerprint density at radius 3 is 2.14 bits per heavy atom. The fourth-order valence-corrected chi connectivity index (χ4v) is 3.74. The van der Waals surface area contributed by atoms with Crippen LogP contribution in [0.15, 0.2) is 35.4 Å². The van der Waals surface area contributed by atoms with Crippen LogP contribution in [0.1, 0.15) is 47.1 Å². The quantitative estimate of drug-likeness (QED) is 0.696. The van der Waals surface area contributed by atoms with E-state index in [0.717, 1.165) is 11.8 Å². The summed E-state index contributed by atoms with van der Waals surface area (Å²) in [5.41, 5.74) is -0.726. The van der Waals surface area contributed by atoms with Gasteiger partial charge in [0.1, 0.15) is 0 Å². The zero-order valence-corrected chi connectivity index (χ0v) is 18.4. The number of hydrogen-bond acceptors (Lipinski definition) is 5. The summed E-state index contributed by atoms with van der Waals surface area (Å²) in [7, 11) is 0. The van der Waals surface area contributed by atoms with Gasteiger partial charge in [-0.2, -0.15) is 0 Å². The lowest BCUT2D eigenvalue weighted by molar-refractivity contribution is -0.143. The van der Waals surface area contributed by atoms with Crippen LogP contribution in [0.5, 0.6) is 0 Å². The highest BCUT2D eigenvalue weighted by Gasteiger charge is 2.51.